The van der Waals surface area contributed by atoms with E-state index in [0.29, 0.717) is 41.3 Å². The summed E-state index contributed by atoms with van der Waals surface area (Å²) in [5, 5.41) is 2.87. The Hall–Kier alpha value is -1.13. The van der Waals surface area contributed by atoms with Gasteiger partial charge in [0.25, 0.3) is 10.0 Å². The van der Waals surface area contributed by atoms with E-state index >= 15 is 0 Å². The lowest BCUT2D eigenvalue weighted by molar-refractivity contribution is 0.198. The van der Waals surface area contributed by atoms with Crippen LogP contribution in [0.15, 0.2) is 28.5 Å². The number of hydrogen-bond acceptors (Lipinski definition) is 5. The molecule has 0 bridgehead atoms. The maximum absolute atomic E-state index is 12.6. The van der Waals surface area contributed by atoms with Gasteiger partial charge in [-0.3, -0.25) is 0 Å². The molecule has 0 spiro atoms. The van der Waals surface area contributed by atoms with Crippen LogP contribution in [0.4, 0.5) is 4.79 Å². The van der Waals surface area contributed by atoms with E-state index < -0.39 is 10.0 Å². The van der Waals surface area contributed by atoms with Crippen molar-refractivity contribution in [3.8, 4) is 0 Å². The molecule has 2 aromatic heterocycles. The smallest absolute Gasteiger partial charge is 0.318 e. The Morgan fingerprint density at radius 3 is 2.52 bits per heavy atom. The van der Waals surface area contributed by atoms with Crippen molar-refractivity contribution >= 4 is 50.3 Å². The van der Waals surface area contributed by atoms with Crippen molar-refractivity contribution in [3.63, 3.8) is 0 Å². The van der Waals surface area contributed by atoms with Gasteiger partial charge in [0.15, 0.2) is 0 Å². The molecule has 148 valence electrons. The van der Waals surface area contributed by atoms with Crippen LogP contribution in [0, 0.1) is 0 Å². The van der Waals surface area contributed by atoms with Gasteiger partial charge in [-0.15, -0.1) is 22.7 Å². The standard InChI is InChI=1S/C17H22ClN3O3S3/c1-2-20(12-14-5-7-15(18)25-14)17(22)19-11-13-6-8-16(26-13)27(23,24)21-9-3-4-10-21/h5-8H,2-4,9-12H2,1H3,(H,19,22). The minimum atomic E-state index is -3.40. The quantitative estimate of drug-likeness (QED) is 0.697. The van der Waals surface area contributed by atoms with Gasteiger partial charge in [0.1, 0.15) is 4.21 Å². The van der Waals surface area contributed by atoms with Gasteiger partial charge in [0, 0.05) is 29.4 Å². The van der Waals surface area contributed by atoms with Crippen LogP contribution in [0.3, 0.4) is 0 Å². The van der Waals surface area contributed by atoms with Gasteiger partial charge >= 0.3 is 6.03 Å². The first-order valence-electron chi connectivity index (χ1n) is 8.76. The summed E-state index contributed by atoms with van der Waals surface area (Å²) in [5.41, 5.74) is 0. The Bertz CT molecular complexity index is 888. The van der Waals surface area contributed by atoms with Crippen LogP contribution in [-0.4, -0.2) is 43.3 Å². The molecule has 3 rings (SSSR count). The van der Waals surface area contributed by atoms with Crippen molar-refractivity contribution in [2.45, 2.75) is 37.1 Å². The number of nitrogens with one attached hydrogen (secondary N) is 1. The molecule has 27 heavy (non-hydrogen) atoms. The highest BCUT2D eigenvalue weighted by Crippen LogP contribution is 2.27. The molecular weight excluding hydrogens is 426 g/mol. The number of carbonyl (C=O) groups is 1. The lowest BCUT2D eigenvalue weighted by Crippen LogP contribution is -2.38. The zero-order valence-electron chi connectivity index (χ0n) is 15.0. The lowest BCUT2D eigenvalue weighted by Gasteiger charge is -2.20. The molecule has 1 fully saturated rings. The van der Waals surface area contributed by atoms with E-state index in [2.05, 4.69) is 5.32 Å². The topological polar surface area (TPSA) is 69.7 Å². The van der Waals surface area contributed by atoms with Crippen molar-refractivity contribution < 1.29 is 13.2 Å². The van der Waals surface area contributed by atoms with Gasteiger partial charge in [0.05, 0.1) is 17.4 Å². The van der Waals surface area contributed by atoms with E-state index in [-0.39, 0.29) is 6.03 Å². The molecule has 2 aromatic rings. The Kier molecular flexibility index (Phi) is 6.80. The van der Waals surface area contributed by atoms with E-state index in [9.17, 15) is 13.2 Å². The molecule has 0 saturated carbocycles. The monoisotopic (exact) mass is 447 g/mol. The second-order valence-electron chi connectivity index (χ2n) is 6.21. The predicted octanol–water partition coefficient (Wildman–Crippen LogP) is 3.98. The van der Waals surface area contributed by atoms with Crippen LogP contribution in [0.1, 0.15) is 29.5 Å². The Labute approximate surface area is 172 Å². The fourth-order valence-corrected chi connectivity index (χ4v) is 6.94. The van der Waals surface area contributed by atoms with Crippen LogP contribution in [-0.2, 0) is 23.1 Å². The van der Waals surface area contributed by atoms with Gasteiger partial charge in [-0.2, -0.15) is 4.31 Å². The highest BCUT2D eigenvalue weighted by Gasteiger charge is 2.28. The highest BCUT2D eigenvalue weighted by molar-refractivity contribution is 7.91. The minimum Gasteiger partial charge on any atom is -0.333 e. The van der Waals surface area contributed by atoms with Gasteiger partial charge in [0.2, 0.25) is 0 Å². The average molecular weight is 448 g/mol. The first-order chi connectivity index (χ1) is 12.9. The van der Waals surface area contributed by atoms with E-state index in [1.807, 2.05) is 19.1 Å². The Morgan fingerprint density at radius 2 is 1.89 bits per heavy atom. The molecule has 0 atom stereocenters. The summed E-state index contributed by atoms with van der Waals surface area (Å²) in [4.78, 5) is 16.0. The van der Waals surface area contributed by atoms with Crippen LogP contribution in [0.25, 0.3) is 0 Å². The number of carbonyl (C=O) groups excluding carboxylic acids is 1. The van der Waals surface area contributed by atoms with Crippen LogP contribution in [0.2, 0.25) is 4.34 Å². The van der Waals surface area contributed by atoms with Crippen molar-refractivity contribution in [2.75, 3.05) is 19.6 Å². The fourth-order valence-electron chi connectivity index (χ4n) is 2.87. The van der Waals surface area contributed by atoms with Crippen molar-refractivity contribution in [1.82, 2.24) is 14.5 Å². The van der Waals surface area contributed by atoms with E-state index in [1.165, 1.54) is 27.0 Å². The highest BCUT2D eigenvalue weighted by atomic mass is 35.5. The summed E-state index contributed by atoms with van der Waals surface area (Å²) in [6.45, 7) is 4.47. The zero-order valence-corrected chi connectivity index (χ0v) is 18.2. The van der Waals surface area contributed by atoms with E-state index in [0.717, 1.165) is 22.6 Å². The van der Waals surface area contributed by atoms with Crippen molar-refractivity contribution in [3.05, 3.63) is 38.4 Å². The summed E-state index contributed by atoms with van der Waals surface area (Å²) in [6.07, 6.45) is 1.83. The van der Waals surface area contributed by atoms with Crippen LogP contribution >= 0.6 is 34.3 Å². The molecule has 6 nitrogen and oxygen atoms in total. The largest absolute Gasteiger partial charge is 0.333 e. The van der Waals surface area contributed by atoms with Crippen molar-refractivity contribution in [1.29, 1.82) is 0 Å². The van der Waals surface area contributed by atoms with Gasteiger partial charge in [-0.1, -0.05) is 11.6 Å². The predicted molar refractivity (Wildman–Crippen MR) is 110 cm³/mol. The Morgan fingerprint density at radius 1 is 1.19 bits per heavy atom. The summed E-state index contributed by atoms with van der Waals surface area (Å²) < 4.78 is 27.7. The maximum Gasteiger partial charge on any atom is 0.318 e. The van der Waals surface area contributed by atoms with Gasteiger partial charge in [-0.25, -0.2) is 13.2 Å². The SMILES string of the molecule is CCN(Cc1ccc(Cl)s1)C(=O)NCc1ccc(S(=O)(=O)N2CCCC2)s1. The van der Waals surface area contributed by atoms with Crippen LogP contribution < -0.4 is 5.32 Å². The number of halogens is 1. The second-order valence-corrected chi connectivity index (χ2v) is 11.3. The third-order valence-corrected chi connectivity index (χ3v) is 9.02. The summed E-state index contributed by atoms with van der Waals surface area (Å²) >= 11 is 8.62. The van der Waals surface area contributed by atoms with E-state index in [4.69, 9.17) is 11.6 Å². The van der Waals surface area contributed by atoms with Crippen LogP contribution in [0.5, 0.6) is 0 Å². The number of hydrogen-bond donors (Lipinski definition) is 1. The maximum atomic E-state index is 12.6. The molecule has 1 saturated heterocycles. The molecule has 0 radical (unpaired) electrons. The lowest BCUT2D eigenvalue weighted by atomic mass is 10.4. The number of nitrogens with zero attached hydrogens (tertiary/aromatic N) is 2. The number of sulfonamides is 1. The normalized spacial score (nSPS) is 15.2. The second kappa shape index (κ2) is 8.91. The third kappa shape index (κ3) is 5.03. The molecule has 1 aliphatic rings. The number of rotatable bonds is 7. The molecule has 10 heteroatoms. The first kappa shape index (κ1) is 20.6. The minimum absolute atomic E-state index is 0.181. The molecule has 3 heterocycles. The third-order valence-electron chi connectivity index (χ3n) is 4.35. The molecule has 0 unspecified atom stereocenters. The summed E-state index contributed by atoms with van der Waals surface area (Å²) in [6, 6.07) is 6.95. The van der Waals surface area contributed by atoms with Crippen molar-refractivity contribution in [2.24, 2.45) is 0 Å². The molecule has 0 aromatic carbocycles. The Balaban J connectivity index is 1.57. The molecule has 0 aliphatic carbocycles. The number of urea groups is 1. The molecule has 2 amide bonds. The van der Waals surface area contributed by atoms with Gasteiger partial charge < -0.3 is 10.2 Å². The summed E-state index contributed by atoms with van der Waals surface area (Å²) in [7, 11) is -3.40. The zero-order chi connectivity index (χ0) is 19.4. The van der Waals surface area contributed by atoms with E-state index in [1.54, 1.807) is 17.0 Å². The van der Waals surface area contributed by atoms with Gasteiger partial charge in [-0.05, 0) is 44.0 Å². The average Bonchev–Trinajstić information content (AvgIpc) is 3.39. The molecule has 1 aliphatic heterocycles. The number of thiophene rings is 2. The number of amides is 2. The first-order valence-corrected chi connectivity index (χ1v) is 12.2. The molecular formula is C17H22ClN3O3S3. The molecule has 1 N–H and O–H groups in total. The summed E-state index contributed by atoms with van der Waals surface area (Å²) in [5.74, 6) is 0. The fraction of sp³-hybridized carbons (Fsp3) is 0.471.